The van der Waals surface area contributed by atoms with Crippen LogP contribution < -0.4 is 5.32 Å². The molecule has 82 valence electrons. The van der Waals surface area contributed by atoms with E-state index >= 15 is 0 Å². The van der Waals surface area contributed by atoms with Crippen LogP contribution in [0, 0.1) is 5.82 Å². The van der Waals surface area contributed by atoms with Gasteiger partial charge in [0.05, 0.1) is 19.3 Å². The van der Waals surface area contributed by atoms with Gasteiger partial charge in [-0.15, -0.1) is 0 Å². The molecule has 1 aliphatic heterocycles. The molecule has 2 N–H and O–H groups in total. The number of halogens is 1. The van der Waals surface area contributed by atoms with Crippen LogP contribution in [0.3, 0.4) is 0 Å². The number of hydrogen-bond acceptors (Lipinski definition) is 3. The summed E-state index contributed by atoms with van der Waals surface area (Å²) < 4.78 is 19.0. The van der Waals surface area contributed by atoms with Gasteiger partial charge in [-0.1, -0.05) is 6.07 Å². The molecule has 1 atom stereocenters. The van der Waals surface area contributed by atoms with Crippen molar-refractivity contribution in [3.63, 3.8) is 0 Å². The molecule has 1 aromatic rings. The minimum atomic E-state index is -0.277. The summed E-state index contributed by atoms with van der Waals surface area (Å²) in [4.78, 5) is 0. The van der Waals surface area contributed by atoms with E-state index in [1.165, 1.54) is 6.07 Å². The first-order valence-corrected chi connectivity index (χ1v) is 5.03. The van der Waals surface area contributed by atoms with Gasteiger partial charge in [0.15, 0.2) is 0 Å². The third-order valence-corrected chi connectivity index (χ3v) is 2.52. The van der Waals surface area contributed by atoms with Gasteiger partial charge in [0.2, 0.25) is 0 Å². The van der Waals surface area contributed by atoms with Gasteiger partial charge in [0.25, 0.3) is 0 Å². The molecule has 0 radical (unpaired) electrons. The van der Waals surface area contributed by atoms with Crippen molar-refractivity contribution in [2.75, 3.05) is 19.7 Å². The molecule has 2 rings (SSSR count). The minimum absolute atomic E-state index is 0.0760. The normalized spacial score (nSPS) is 21.6. The lowest BCUT2D eigenvalue weighted by Gasteiger charge is -2.24. The van der Waals surface area contributed by atoms with Crippen molar-refractivity contribution in [1.29, 1.82) is 0 Å². The Hall–Kier alpha value is -0.970. The third-order valence-electron chi connectivity index (χ3n) is 2.52. The summed E-state index contributed by atoms with van der Waals surface area (Å²) in [5.41, 5.74) is 1.23. The van der Waals surface area contributed by atoms with Crippen molar-refractivity contribution in [3.8, 4) is 0 Å². The molecule has 1 fully saturated rings. The van der Waals surface area contributed by atoms with Crippen molar-refractivity contribution >= 4 is 0 Å². The quantitative estimate of drug-likeness (QED) is 0.766. The molecule has 1 aromatic carbocycles. The molecule has 4 heteroatoms. The lowest BCUT2D eigenvalue weighted by molar-refractivity contribution is 0.0254. The zero-order valence-electron chi connectivity index (χ0n) is 8.37. The molecule has 0 bridgehead atoms. The summed E-state index contributed by atoms with van der Waals surface area (Å²) in [5.74, 6) is -0.277. The number of nitrogens with one attached hydrogen (secondary N) is 1. The average Bonchev–Trinajstić information content (AvgIpc) is 2.31. The van der Waals surface area contributed by atoms with Crippen LogP contribution in [0.25, 0.3) is 0 Å². The van der Waals surface area contributed by atoms with Gasteiger partial charge < -0.3 is 15.2 Å². The van der Waals surface area contributed by atoms with Crippen LogP contribution in [0.1, 0.15) is 17.2 Å². The van der Waals surface area contributed by atoms with Crippen molar-refractivity contribution in [2.24, 2.45) is 0 Å². The fourth-order valence-corrected chi connectivity index (χ4v) is 1.70. The second-order valence-corrected chi connectivity index (χ2v) is 3.58. The highest BCUT2D eigenvalue weighted by Gasteiger charge is 2.19. The van der Waals surface area contributed by atoms with Crippen LogP contribution in [0.15, 0.2) is 18.2 Å². The molecular weight excluding hydrogens is 197 g/mol. The van der Waals surface area contributed by atoms with Crippen LogP contribution in [-0.2, 0) is 11.3 Å². The van der Waals surface area contributed by atoms with E-state index in [0.29, 0.717) is 24.3 Å². The molecule has 1 heterocycles. The highest BCUT2D eigenvalue weighted by molar-refractivity contribution is 5.27. The first-order valence-electron chi connectivity index (χ1n) is 5.03. The summed E-state index contributed by atoms with van der Waals surface area (Å²) >= 11 is 0. The third kappa shape index (κ3) is 2.34. The van der Waals surface area contributed by atoms with E-state index in [2.05, 4.69) is 5.32 Å². The summed E-state index contributed by atoms with van der Waals surface area (Å²) in [6, 6.07) is 4.61. The molecule has 1 unspecified atom stereocenters. The first-order chi connectivity index (χ1) is 7.31. The summed E-state index contributed by atoms with van der Waals surface area (Å²) in [6.45, 7) is 1.94. The minimum Gasteiger partial charge on any atom is -0.392 e. The molecule has 0 aliphatic carbocycles. The fraction of sp³-hybridized carbons (Fsp3) is 0.455. The van der Waals surface area contributed by atoms with Crippen molar-refractivity contribution < 1.29 is 14.2 Å². The number of morpholine rings is 1. The molecule has 0 spiro atoms. The summed E-state index contributed by atoms with van der Waals surface area (Å²) in [5, 5.41) is 12.1. The smallest absolute Gasteiger partial charge is 0.129 e. The average molecular weight is 211 g/mol. The van der Waals surface area contributed by atoms with E-state index in [0.717, 1.165) is 6.54 Å². The largest absolute Gasteiger partial charge is 0.392 e. The lowest BCUT2D eigenvalue weighted by Crippen LogP contribution is -2.33. The Morgan fingerprint density at radius 2 is 2.40 bits per heavy atom. The molecule has 3 nitrogen and oxygen atoms in total. The van der Waals surface area contributed by atoms with Crippen LogP contribution in [0.5, 0.6) is 0 Å². The first kappa shape index (κ1) is 10.5. The number of hydrogen-bond donors (Lipinski definition) is 2. The molecule has 0 aromatic heterocycles. The highest BCUT2D eigenvalue weighted by Crippen LogP contribution is 2.22. The monoisotopic (exact) mass is 211 g/mol. The SMILES string of the molecule is OCc1ccc(F)c(C2CNCCO2)c1. The zero-order chi connectivity index (χ0) is 10.7. The number of ether oxygens (including phenoxy) is 1. The number of aliphatic hydroxyl groups is 1. The Kier molecular flexibility index (Phi) is 3.30. The fourth-order valence-electron chi connectivity index (χ4n) is 1.70. The molecule has 1 saturated heterocycles. The second kappa shape index (κ2) is 4.70. The molecule has 0 saturated carbocycles. The topological polar surface area (TPSA) is 41.5 Å². The van der Waals surface area contributed by atoms with Crippen LogP contribution in [0.2, 0.25) is 0 Å². The maximum Gasteiger partial charge on any atom is 0.129 e. The summed E-state index contributed by atoms with van der Waals surface area (Å²) in [6.07, 6.45) is -0.245. The van der Waals surface area contributed by atoms with Crippen LogP contribution in [0.4, 0.5) is 4.39 Å². The molecule has 15 heavy (non-hydrogen) atoms. The van der Waals surface area contributed by atoms with Gasteiger partial charge in [-0.25, -0.2) is 4.39 Å². The number of aliphatic hydroxyl groups excluding tert-OH is 1. The van der Waals surface area contributed by atoms with Gasteiger partial charge in [-0.3, -0.25) is 0 Å². The predicted octanol–water partition coefficient (Wildman–Crippen LogP) is 0.979. The van der Waals surface area contributed by atoms with Gasteiger partial charge in [-0.05, 0) is 17.7 Å². The molecule has 0 amide bonds. The maximum atomic E-state index is 13.5. The Morgan fingerprint density at radius 3 is 3.07 bits per heavy atom. The van der Waals surface area contributed by atoms with Gasteiger partial charge in [0.1, 0.15) is 5.82 Å². The maximum absolute atomic E-state index is 13.5. The van der Waals surface area contributed by atoms with E-state index in [1.807, 2.05) is 0 Å². The lowest BCUT2D eigenvalue weighted by atomic mass is 10.0. The van der Waals surface area contributed by atoms with E-state index < -0.39 is 0 Å². The van der Waals surface area contributed by atoms with Gasteiger partial charge >= 0.3 is 0 Å². The van der Waals surface area contributed by atoms with Crippen LogP contribution in [-0.4, -0.2) is 24.8 Å². The van der Waals surface area contributed by atoms with E-state index in [-0.39, 0.29) is 18.5 Å². The zero-order valence-corrected chi connectivity index (χ0v) is 8.37. The van der Waals surface area contributed by atoms with E-state index in [9.17, 15) is 4.39 Å². The van der Waals surface area contributed by atoms with Crippen molar-refractivity contribution in [1.82, 2.24) is 5.32 Å². The Morgan fingerprint density at radius 1 is 1.53 bits per heavy atom. The summed E-state index contributed by atoms with van der Waals surface area (Å²) in [7, 11) is 0. The number of benzene rings is 1. The standard InChI is InChI=1S/C11H14FNO2/c12-10-2-1-8(7-14)5-9(10)11-6-13-3-4-15-11/h1-2,5,11,13-14H,3-4,6-7H2. The highest BCUT2D eigenvalue weighted by atomic mass is 19.1. The van der Waals surface area contributed by atoms with E-state index in [1.54, 1.807) is 12.1 Å². The van der Waals surface area contributed by atoms with Crippen molar-refractivity contribution in [2.45, 2.75) is 12.7 Å². The number of rotatable bonds is 2. The molecular formula is C11H14FNO2. The second-order valence-electron chi connectivity index (χ2n) is 3.58. The van der Waals surface area contributed by atoms with Gasteiger partial charge in [-0.2, -0.15) is 0 Å². The Balaban J connectivity index is 2.24. The van der Waals surface area contributed by atoms with E-state index in [4.69, 9.17) is 9.84 Å². The molecule has 1 aliphatic rings. The van der Waals surface area contributed by atoms with Crippen LogP contribution >= 0.6 is 0 Å². The van der Waals surface area contributed by atoms with Gasteiger partial charge in [0, 0.05) is 18.7 Å². The predicted molar refractivity (Wildman–Crippen MR) is 53.9 cm³/mol. The Labute approximate surface area is 87.9 Å². The Bertz CT molecular complexity index is 337. The van der Waals surface area contributed by atoms with Crippen molar-refractivity contribution in [3.05, 3.63) is 35.1 Å².